The molecular formula is C10H14N2O3. The number of rotatable bonds is 2. The van der Waals surface area contributed by atoms with Crippen LogP contribution in [0.5, 0.6) is 0 Å². The molecule has 0 radical (unpaired) electrons. The van der Waals surface area contributed by atoms with E-state index in [1.54, 1.807) is 6.07 Å². The highest BCUT2D eigenvalue weighted by Crippen LogP contribution is 2.19. The fourth-order valence-electron chi connectivity index (χ4n) is 1.68. The molecule has 2 N–H and O–H groups in total. The Balaban J connectivity index is 2.10. The molecule has 0 bridgehead atoms. The molecule has 1 aromatic rings. The molecule has 5 nitrogen and oxygen atoms in total. The molecule has 2 heterocycles. The predicted molar refractivity (Wildman–Crippen MR) is 55.4 cm³/mol. The zero-order valence-corrected chi connectivity index (χ0v) is 8.40. The highest BCUT2D eigenvalue weighted by Gasteiger charge is 2.15. The first-order chi connectivity index (χ1) is 7.27. The second-order valence-corrected chi connectivity index (χ2v) is 3.53. The van der Waals surface area contributed by atoms with Crippen LogP contribution < -0.4 is 10.2 Å². The second kappa shape index (κ2) is 4.35. The van der Waals surface area contributed by atoms with Crippen LogP contribution in [0.15, 0.2) is 16.5 Å². The van der Waals surface area contributed by atoms with Crippen molar-refractivity contribution in [3.05, 3.63) is 17.9 Å². The molecule has 0 aliphatic carbocycles. The summed E-state index contributed by atoms with van der Waals surface area (Å²) in [5, 5.41) is 12.0. The molecule has 0 aromatic carbocycles. The Hall–Kier alpha value is -1.49. The van der Waals surface area contributed by atoms with E-state index in [0.717, 1.165) is 32.6 Å². The van der Waals surface area contributed by atoms with Gasteiger partial charge in [-0.1, -0.05) is 0 Å². The highest BCUT2D eigenvalue weighted by molar-refractivity contribution is 5.84. The molecule has 0 atom stereocenters. The van der Waals surface area contributed by atoms with Gasteiger partial charge in [0.05, 0.1) is 0 Å². The number of carboxylic acid groups (broad SMARTS) is 1. The second-order valence-electron chi connectivity index (χ2n) is 3.53. The van der Waals surface area contributed by atoms with Crippen molar-refractivity contribution in [1.29, 1.82) is 0 Å². The van der Waals surface area contributed by atoms with Gasteiger partial charge in [0.25, 0.3) is 0 Å². The van der Waals surface area contributed by atoms with Crippen LogP contribution in [-0.4, -0.2) is 37.3 Å². The molecule has 0 amide bonds. The van der Waals surface area contributed by atoms with Crippen LogP contribution in [0.25, 0.3) is 0 Å². The highest BCUT2D eigenvalue weighted by atomic mass is 16.4. The third-order valence-electron chi connectivity index (χ3n) is 2.45. The van der Waals surface area contributed by atoms with Gasteiger partial charge in [-0.15, -0.1) is 0 Å². The van der Waals surface area contributed by atoms with E-state index in [0.29, 0.717) is 5.88 Å². The van der Waals surface area contributed by atoms with Gasteiger partial charge in [-0.25, -0.2) is 4.79 Å². The van der Waals surface area contributed by atoms with Gasteiger partial charge in [-0.05, 0) is 19.0 Å². The maximum absolute atomic E-state index is 10.6. The van der Waals surface area contributed by atoms with E-state index < -0.39 is 5.97 Å². The monoisotopic (exact) mass is 210 g/mol. The topological polar surface area (TPSA) is 65.7 Å². The summed E-state index contributed by atoms with van der Waals surface area (Å²) >= 11 is 0. The third kappa shape index (κ3) is 2.30. The van der Waals surface area contributed by atoms with Crippen molar-refractivity contribution in [1.82, 2.24) is 5.32 Å². The summed E-state index contributed by atoms with van der Waals surface area (Å²) in [6, 6.07) is 3.21. The number of anilines is 1. The average Bonchev–Trinajstić information content (AvgIpc) is 2.55. The lowest BCUT2D eigenvalue weighted by molar-refractivity contribution is 0.0663. The summed E-state index contributed by atoms with van der Waals surface area (Å²) in [6.07, 6.45) is 1.04. The molecule has 1 aliphatic rings. The molecule has 82 valence electrons. The average molecular weight is 210 g/mol. The van der Waals surface area contributed by atoms with Crippen LogP contribution in [0.3, 0.4) is 0 Å². The first-order valence-corrected chi connectivity index (χ1v) is 5.06. The molecule has 15 heavy (non-hydrogen) atoms. The number of furan rings is 1. The van der Waals surface area contributed by atoms with Gasteiger partial charge in [-0.2, -0.15) is 0 Å². The van der Waals surface area contributed by atoms with Gasteiger partial charge in [-0.3, -0.25) is 0 Å². The Morgan fingerprint density at radius 2 is 2.27 bits per heavy atom. The number of nitrogens with one attached hydrogen (secondary N) is 1. The first-order valence-electron chi connectivity index (χ1n) is 5.06. The molecular weight excluding hydrogens is 196 g/mol. The number of aromatic carboxylic acids is 1. The van der Waals surface area contributed by atoms with E-state index in [1.807, 2.05) is 0 Å². The fraction of sp³-hybridized carbons (Fsp3) is 0.500. The summed E-state index contributed by atoms with van der Waals surface area (Å²) < 4.78 is 5.24. The summed E-state index contributed by atoms with van der Waals surface area (Å²) in [6.45, 7) is 3.66. The Labute approximate surface area is 87.7 Å². The number of hydrogen-bond donors (Lipinski definition) is 2. The predicted octanol–water partition coefficient (Wildman–Crippen LogP) is 0.778. The SMILES string of the molecule is O=C(O)c1ccc(N2CCCNCC2)o1. The van der Waals surface area contributed by atoms with Crippen molar-refractivity contribution in [2.45, 2.75) is 6.42 Å². The molecule has 0 saturated carbocycles. The third-order valence-corrected chi connectivity index (χ3v) is 2.45. The Morgan fingerprint density at radius 3 is 3.00 bits per heavy atom. The lowest BCUT2D eigenvalue weighted by Crippen LogP contribution is -2.27. The molecule has 1 aliphatic heterocycles. The van der Waals surface area contributed by atoms with Crippen molar-refractivity contribution in [2.24, 2.45) is 0 Å². The molecule has 1 fully saturated rings. The van der Waals surface area contributed by atoms with Crippen molar-refractivity contribution < 1.29 is 14.3 Å². The summed E-state index contributed by atoms with van der Waals surface area (Å²) in [5.74, 6) is -0.368. The van der Waals surface area contributed by atoms with Crippen LogP contribution in [0.2, 0.25) is 0 Å². The normalized spacial score (nSPS) is 17.5. The maximum atomic E-state index is 10.6. The summed E-state index contributed by atoms with van der Waals surface area (Å²) in [7, 11) is 0. The van der Waals surface area contributed by atoms with Crippen LogP contribution in [-0.2, 0) is 0 Å². The minimum Gasteiger partial charge on any atom is -0.475 e. The lowest BCUT2D eigenvalue weighted by atomic mass is 10.4. The number of carboxylic acids is 1. The van der Waals surface area contributed by atoms with Crippen LogP contribution >= 0.6 is 0 Å². The van der Waals surface area contributed by atoms with Crippen molar-refractivity contribution >= 4 is 11.9 Å². The van der Waals surface area contributed by atoms with E-state index in [-0.39, 0.29) is 5.76 Å². The van der Waals surface area contributed by atoms with E-state index in [4.69, 9.17) is 9.52 Å². The van der Waals surface area contributed by atoms with Gasteiger partial charge in [0.15, 0.2) is 5.88 Å². The van der Waals surface area contributed by atoms with Crippen LogP contribution in [0.4, 0.5) is 5.88 Å². The van der Waals surface area contributed by atoms with Crippen LogP contribution in [0.1, 0.15) is 17.0 Å². The smallest absolute Gasteiger partial charge is 0.371 e. The molecule has 0 spiro atoms. The molecule has 5 heteroatoms. The van der Waals surface area contributed by atoms with Gasteiger partial charge in [0.2, 0.25) is 5.76 Å². The molecule has 2 rings (SSSR count). The number of carbonyl (C=O) groups is 1. The maximum Gasteiger partial charge on any atom is 0.371 e. The summed E-state index contributed by atoms with van der Waals surface area (Å²) in [5.41, 5.74) is 0. The number of hydrogen-bond acceptors (Lipinski definition) is 4. The van der Waals surface area contributed by atoms with E-state index in [2.05, 4.69) is 10.2 Å². The Morgan fingerprint density at radius 1 is 1.40 bits per heavy atom. The lowest BCUT2D eigenvalue weighted by Gasteiger charge is -2.18. The quantitative estimate of drug-likeness (QED) is 0.755. The zero-order valence-electron chi connectivity index (χ0n) is 8.40. The van der Waals surface area contributed by atoms with E-state index in [1.165, 1.54) is 6.07 Å². The minimum absolute atomic E-state index is 0.00204. The number of nitrogens with zero attached hydrogens (tertiary/aromatic N) is 1. The Kier molecular flexibility index (Phi) is 2.91. The van der Waals surface area contributed by atoms with Gasteiger partial charge in [0, 0.05) is 25.7 Å². The van der Waals surface area contributed by atoms with E-state index in [9.17, 15) is 4.79 Å². The first kappa shape index (κ1) is 10.0. The Bertz CT molecular complexity index is 340. The van der Waals surface area contributed by atoms with Crippen molar-refractivity contribution in [3.63, 3.8) is 0 Å². The fourth-order valence-corrected chi connectivity index (χ4v) is 1.68. The van der Waals surface area contributed by atoms with E-state index >= 15 is 0 Å². The molecule has 0 unspecified atom stereocenters. The van der Waals surface area contributed by atoms with Crippen LogP contribution in [0, 0.1) is 0 Å². The zero-order chi connectivity index (χ0) is 10.7. The van der Waals surface area contributed by atoms with Gasteiger partial charge in [0.1, 0.15) is 0 Å². The standard InChI is InChI=1S/C10H14N2O3/c13-10(14)8-2-3-9(15-8)12-6-1-4-11-5-7-12/h2-3,11H,1,4-7H2,(H,13,14). The van der Waals surface area contributed by atoms with Crippen molar-refractivity contribution in [3.8, 4) is 0 Å². The van der Waals surface area contributed by atoms with Gasteiger partial charge >= 0.3 is 5.97 Å². The molecule has 1 aromatic heterocycles. The molecule has 1 saturated heterocycles. The minimum atomic E-state index is -1.02. The van der Waals surface area contributed by atoms with Gasteiger partial charge < -0.3 is 19.7 Å². The largest absolute Gasteiger partial charge is 0.475 e. The van der Waals surface area contributed by atoms with Crippen molar-refractivity contribution in [2.75, 3.05) is 31.1 Å². The summed E-state index contributed by atoms with van der Waals surface area (Å²) in [4.78, 5) is 12.7.